The fourth-order valence-electron chi connectivity index (χ4n) is 3.79. The Morgan fingerprint density at radius 3 is 2.55 bits per heavy atom. The molecule has 3 rings (SSSR count). The van der Waals surface area contributed by atoms with E-state index in [1.54, 1.807) is 16.7 Å². The third kappa shape index (κ3) is 6.58. The number of carbonyl (C=O) groups excluding carboxylic acids is 3. The lowest BCUT2D eigenvalue weighted by Crippen LogP contribution is -2.41. The molecule has 1 saturated heterocycles. The van der Waals surface area contributed by atoms with Crippen molar-refractivity contribution in [2.45, 2.75) is 33.3 Å². The zero-order valence-electron chi connectivity index (χ0n) is 19.4. The lowest BCUT2D eigenvalue weighted by molar-refractivity contribution is -0.138. The first-order valence-electron chi connectivity index (χ1n) is 11.2. The second kappa shape index (κ2) is 11.9. The van der Waals surface area contributed by atoms with Gasteiger partial charge in [-0.3, -0.25) is 14.4 Å². The molecule has 10 heteroatoms. The summed E-state index contributed by atoms with van der Waals surface area (Å²) in [6.45, 7) is 7.68. The SMILES string of the molecule is CCN(CC)C(=O)CO[C@H]1CN(CCc2ccccc2)C(=O)CN(C(=O)c2snnc2C)C1. The first-order chi connectivity index (χ1) is 15.9. The Morgan fingerprint density at radius 2 is 1.91 bits per heavy atom. The van der Waals surface area contributed by atoms with Gasteiger partial charge in [-0.15, -0.1) is 5.10 Å². The van der Waals surface area contributed by atoms with E-state index < -0.39 is 6.10 Å². The normalized spacial score (nSPS) is 16.6. The van der Waals surface area contributed by atoms with Crippen LogP contribution in [0.1, 0.15) is 34.8 Å². The molecule has 0 radical (unpaired) electrons. The zero-order valence-corrected chi connectivity index (χ0v) is 20.2. The third-order valence-corrected chi connectivity index (χ3v) is 6.55. The molecular formula is C23H31N5O4S. The molecule has 1 aliphatic rings. The number of nitrogens with zero attached hydrogens (tertiary/aromatic N) is 5. The van der Waals surface area contributed by atoms with Crippen LogP contribution in [0.5, 0.6) is 0 Å². The van der Waals surface area contributed by atoms with Crippen LogP contribution in [0.3, 0.4) is 0 Å². The van der Waals surface area contributed by atoms with Crippen molar-refractivity contribution < 1.29 is 19.1 Å². The number of rotatable bonds is 9. The Labute approximate surface area is 198 Å². The summed E-state index contributed by atoms with van der Waals surface area (Å²) in [5, 5.41) is 3.91. The number of carbonyl (C=O) groups is 3. The van der Waals surface area contributed by atoms with Crippen molar-refractivity contribution in [1.29, 1.82) is 0 Å². The zero-order chi connectivity index (χ0) is 23.8. The summed E-state index contributed by atoms with van der Waals surface area (Å²) in [6, 6.07) is 9.94. The number of benzene rings is 1. The highest BCUT2D eigenvalue weighted by Crippen LogP contribution is 2.17. The summed E-state index contributed by atoms with van der Waals surface area (Å²) in [6.07, 6.45) is 0.223. The Kier molecular flexibility index (Phi) is 8.90. The van der Waals surface area contributed by atoms with Crippen LogP contribution in [0, 0.1) is 6.92 Å². The van der Waals surface area contributed by atoms with Crippen molar-refractivity contribution in [2.24, 2.45) is 0 Å². The molecule has 0 aliphatic carbocycles. The van der Waals surface area contributed by atoms with E-state index in [-0.39, 0.29) is 37.4 Å². The molecule has 33 heavy (non-hydrogen) atoms. The van der Waals surface area contributed by atoms with Crippen LogP contribution in [-0.4, -0.2) is 94.0 Å². The lowest BCUT2D eigenvalue weighted by atomic mass is 10.1. The number of hydrogen-bond donors (Lipinski definition) is 0. The van der Waals surface area contributed by atoms with Gasteiger partial charge in [0.2, 0.25) is 11.8 Å². The molecule has 0 unspecified atom stereocenters. The van der Waals surface area contributed by atoms with Gasteiger partial charge < -0.3 is 19.4 Å². The van der Waals surface area contributed by atoms with Crippen LogP contribution < -0.4 is 0 Å². The first-order valence-corrected chi connectivity index (χ1v) is 12.0. The van der Waals surface area contributed by atoms with Gasteiger partial charge in [0, 0.05) is 32.7 Å². The van der Waals surface area contributed by atoms with Crippen LogP contribution in [0.25, 0.3) is 0 Å². The second-order valence-corrected chi connectivity index (χ2v) is 8.70. The van der Waals surface area contributed by atoms with Crippen LogP contribution >= 0.6 is 11.5 Å². The lowest BCUT2D eigenvalue weighted by Gasteiger charge is -2.26. The molecule has 3 amide bonds. The molecule has 178 valence electrons. The average Bonchev–Trinajstić information content (AvgIpc) is 3.18. The summed E-state index contributed by atoms with van der Waals surface area (Å²) in [7, 11) is 0. The van der Waals surface area contributed by atoms with Gasteiger partial charge in [-0.2, -0.15) is 0 Å². The van der Waals surface area contributed by atoms with E-state index >= 15 is 0 Å². The van der Waals surface area contributed by atoms with E-state index in [0.29, 0.717) is 43.2 Å². The topological polar surface area (TPSA) is 95.9 Å². The monoisotopic (exact) mass is 473 g/mol. The van der Waals surface area contributed by atoms with E-state index in [2.05, 4.69) is 9.59 Å². The van der Waals surface area contributed by atoms with Crippen LogP contribution in [0.15, 0.2) is 30.3 Å². The van der Waals surface area contributed by atoms with Crippen molar-refractivity contribution in [2.75, 3.05) is 45.9 Å². The van der Waals surface area contributed by atoms with Crippen molar-refractivity contribution in [3.8, 4) is 0 Å². The molecule has 2 heterocycles. The maximum atomic E-state index is 13.1. The fourth-order valence-corrected chi connectivity index (χ4v) is 4.42. The number of aromatic nitrogens is 2. The average molecular weight is 474 g/mol. The minimum absolute atomic E-state index is 0.0468. The van der Waals surface area contributed by atoms with Crippen molar-refractivity contribution in [1.82, 2.24) is 24.3 Å². The van der Waals surface area contributed by atoms with E-state index in [1.165, 1.54) is 4.90 Å². The number of amides is 3. The summed E-state index contributed by atoms with van der Waals surface area (Å²) in [5.41, 5.74) is 1.67. The molecule has 0 N–H and O–H groups in total. The number of aryl methyl sites for hydroxylation is 1. The molecule has 1 aliphatic heterocycles. The molecule has 2 aromatic rings. The molecule has 1 aromatic heterocycles. The molecule has 0 saturated carbocycles. The van der Waals surface area contributed by atoms with Gasteiger partial charge in [-0.1, -0.05) is 34.8 Å². The second-order valence-electron chi connectivity index (χ2n) is 7.95. The molecule has 1 fully saturated rings. The molecule has 1 aromatic carbocycles. The standard InChI is InChI=1S/C23H31N5O4S/c1-4-26(5-2)21(30)16-32-19-13-27(12-11-18-9-7-6-8-10-18)20(29)15-28(14-19)23(31)22-17(3)24-25-33-22/h6-10,19H,4-5,11-16H2,1-3H3/t19-/m0/s1. The van der Waals surface area contributed by atoms with Gasteiger partial charge in [0.1, 0.15) is 18.0 Å². The van der Waals surface area contributed by atoms with Crippen molar-refractivity contribution in [3.05, 3.63) is 46.5 Å². The minimum Gasteiger partial charge on any atom is -0.365 e. The Hall–Kier alpha value is -2.85. The summed E-state index contributed by atoms with van der Waals surface area (Å²) in [5.74, 6) is -0.535. The highest BCUT2D eigenvalue weighted by Gasteiger charge is 2.33. The summed E-state index contributed by atoms with van der Waals surface area (Å²) >= 11 is 1.02. The smallest absolute Gasteiger partial charge is 0.268 e. The third-order valence-electron chi connectivity index (χ3n) is 5.73. The van der Waals surface area contributed by atoms with Gasteiger partial charge in [0.05, 0.1) is 11.8 Å². The molecule has 1 atom stereocenters. The molecule has 9 nitrogen and oxygen atoms in total. The van der Waals surface area contributed by atoms with Crippen molar-refractivity contribution in [3.63, 3.8) is 0 Å². The number of hydrogen-bond acceptors (Lipinski definition) is 7. The van der Waals surface area contributed by atoms with E-state index in [0.717, 1.165) is 17.1 Å². The van der Waals surface area contributed by atoms with Gasteiger partial charge in [-0.25, -0.2) is 0 Å². The van der Waals surface area contributed by atoms with E-state index in [4.69, 9.17) is 4.74 Å². The minimum atomic E-state index is -0.475. The summed E-state index contributed by atoms with van der Waals surface area (Å²) < 4.78 is 9.80. The van der Waals surface area contributed by atoms with Gasteiger partial charge in [-0.05, 0) is 44.3 Å². The van der Waals surface area contributed by atoms with Gasteiger partial charge in [0.25, 0.3) is 5.91 Å². The van der Waals surface area contributed by atoms with Crippen LogP contribution in [0.2, 0.25) is 0 Å². The van der Waals surface area contributed by atoms with E-state index in [1.807, 2.05) is 44.2 Å². The largest absolute Gasteiger partial charge is 0.365 e. The van der Waals surface area contributed by atoms with Gasteiger partial charge >= 0.3 is 0 Å². The fraction of sp³-hybridized carbons (Fsp3) is 0.522. The van der Waals surface area contributed by atoms with Crippen LogP contribution in [-0.2, 0) is 20.7 Å². The summed E-state index contributed by atoms with van der Waals surface area (Å²) in [4.78, 5) is 44.0. The molecule has 0 spiro atoms. The van der Waals surface area contributed by atoms with Crippen LogP contribution in [0.4, 0.5) is 0 Å². The molecule has 0 bridgehead atoms. The quantitative estimate of drug-likeness (QED) is 0.549. The Balaban J connectivity index is 1.74. The Bertz CT molecular complexity index is 947. The number of ether oxygens (including phenoxy) is 1. The number of likely N-dealkylation sites (N-methyl/N-ethyl adjacent to an activating group) is 1. The van der Waals surface area contributed by atoms with Gasteiger partial charge in [0.15, 0.2) is 0 Å². The maximum absolute atomic E-state index is 13.1. The van der Waals surface area contributed by atoms with E-state index in [9.17, 15) is 14.4 Å². The predicted octanol–water partition coefficient (Wildman–Crippen LogP) is 1.63. The Morgan fingerprint density at radius 1 is 1.18 bits per heavy atom. The molecular weight excluding hydrogens is 442 g/mol. The predicted molar refractivity (Wildman–Crippen MR) is 125 cm³/mol. The maximum Gasteiger partial charge on any atom is 0.268 e. The highest BCUT2D eigenvalue weighted by atomic mass is 32.1. The highest BCUT2D eigenvalue weighted by molar-refractivity contribution is 7.07. The first kappa shape index (κ1) is 24.8. The van der Waals surface area contributed by atoms with Crippen molar-refractivity contribution >= 4 is 29.3 Å².